The molecule has 1 saturated heterocycles. The second-order valence-corrected chi connectivity index (χ2v) is 7.31. The van der Waals surface area contributed by atoms with E-state index in [1.165, 1.54) is 10.1 Å². The molecule has 0 bridgehead atoms. The van der Waals surface area contributed by atoms with Crippen LogP contribution in [-0.4, -0.2) is 38.2 Å². The highest BCUT2D eigenvalue weighted by Gasteiger charge is 2.26. The number of amides is 2. The lowest BCUT2D eigenvalue weighted by molar-refractivity contribution is 0.193. The number of carbonyl (C=O) groups is 1. The van der Waals surface area contributed by atoms with Crippen LogP contribution in [0, 0.1) is 0 Å². The highest BCUT2D eigenvalue weighted by Crippen LogP contribution is 2.28. The van der Waals surface area contributed by atoms with Crippen molar-refractivity contribution in [1.29, 1.82) is 0 Å². The van der Waals surface area contributed by atoms with Gasteiger partial charge in [0.25, 0.3) is 5.56 Å². The Labute approximate surface area is 163 Å². The largest absolute Gasteiger partial charge is 0.333 e. The van der Waals surface area contributed by atoms with E-state index in [4.69, 9.17) is 0 Å². The monoisotopic (exact) mass is 379 g/mol. The zero-order valence-corrected chi connectivity index (χ0v) is 16.3. The number of fused-ring (bicyclic) bond motifs is 1. The number of piperidine rings is 1. The molecule has 1 fully saturated rings. The number of hydrogen-bond donors (Lipinski definition) is 1. The molecule has 4 rings (SSSR count). The van der Waals surface area contributed by atoms with Crippen LogP contribution in [0.5, 0.6) is 0 Å². The number of urea groups is 1. The van der Waals surface area contributed by atoms with Gasteiger partial charge in [-0.1, -0.05) is 19.1 Å². The number of aromatic nitrogens is 3. The summed E-state index contributed by atoms with van der Waals surface area (Å²) in [4.78, 5) is 26.8. The molecule has 0 saturated carbocycles. The Balaban J connectivity index is 1.44. The molecule has 1 N–H and O–H groups in total. The van der Waals surface area contributed by atoms with Crippen LogP contribution in [-0.2, 0) is 13.5 Å². The number of likely N-dealkylation sites (tertiary alicyclic amines) is 1. The van der Waals surface area contributed by atoms with E-state index in [0.29, 0.717) is 13.1 Å². The third-order valence-electron chi connectivity index (χ3n) is 5.62. The van der Waals surface area contributed by atoms with Crippen LogP contribution in [0.3, 0.4) is 0 Å². The van der Waals surface area contributed by atoms with Gasteiger partial charge in [-0.15, -0.1) is 0 Å². The standard InChI is InChI=1S/C21H25N5O2/c1-3-15-5-4-6-17(13-15)23-21(28)25-11-8-16(9-12-25)18-14-20(27)26-19(24(18)2)7-10-22-26/h4-7,10,13-14,16H,3,8-9,11-12H2,1-2H3,(H,23,28). The van der Waals surface area contributed by atoms with Gasteiger partial charge in [0.2, 0.25) is 0 Å². The van der Waals surface area contributed by atoms with E-state index >= 15 is 0 Å². The number of aryl methyl sites for hydroxylation is 2. The summed E-state index contributed by atoms with van der Waals surface area (Å²) in [5, 5.41) is 7.08. The normalized spacial score (nSPS) is 15.1. The molecule has 28 heavy (non-hydrogen) atoms. The minimum atomic E-state index is -0.107. The summed E-state index contributed by atoms with van der Waals surface area (Å²) in [6, 6.07) is 11.4. The maximum atomic E-state index is 12.6. The number of rotatable bonds is 3. The molecular formula is C21H25N5O2. The molecule has 0 unspecified atom stereocenters. The number of carbonyl (C=O) groups excluding carboxylic acids is 1. The Morgan fingerprint density at radius 3 is 2.75 bits per heavy atom. The minimum Gasteiger partial charge on any atom is -0.333 e. The Hall–Kier alpha value is -3.09. The molecular weight excluding hydrogens is 354 g/mol. The fourth-order valence-corrected chi connectivity index (χ4v) is 3.98. The van der Waals surface area contributed by atoms with Gasteiger partial charge in [0.15, 0.2) is 0 Å². The number of benzene rings is 1. The first-order valence-corrected chi connectivity index (χ1v) is 9.75. The maximum absolute atomic E-state index is 12.6. The van der Waals surface area contributed by atoms with Crippen LogP contribution in [0.1, 0.15) is 36.9 Å². The van der Waals surface area contributed by atoms with E-state index in [-0.39, 0.29) is 17.5 Å². The predicted molar refractivity (Wildman–Crippen MR) is 109 cm³/mol. The molecule has 2 aromatic heterocycles. The smallest absolute Gasteiger partial charge is 0.321 e. The van der Waals surface area contributed by atoms with E-state index in [1.807, 2.05) is 40.8 Å². The van der Waals surface area contributed by atoms with E-state index < -0.39 is 0 Å². The van der Waals surface area contributed by atoms with Crippen molar-refractivity contribution in [2.24, 2.45) is 7.05 Å². The fraction of sp³-hybridized carbons (Fsp3) is 0.381. The van der Waals surface area contributed by atoms with Gasteiger partial charge in [-0.25, -0.2) is 4.79 Å². The molecule has 3 heterocycles. The average Bonchev–Trinajstić information content (AvgIpc) is 3.22. The number of nitrogens with zero attached hydrogens (tertiary/aromatic N) is 4. The van der Waals surface area contributed by atoms with E-state index in [9.17, 15) is 9.59 Å². The predicted octanol–water partition coefficient (Wildman–Crippen LogP) is 3.01. The molecule has 0 atom stereocenters. The molecule has 2 amide bonds. The summed E-state index contributed by atoms with van der Waals surface area (Å²) in [5.74, 6) is 0.255. The van der Waals surface area contributed by atoms with Crippen LogP contribution in [0.2, 0.25) is 0 Å². The van der Waals surface area contributed by atoms with E-state index in [0.717, 1.165) is 36.3 Å². The molecule has 1 aliphatic heterocycles. The number of anilines is 1. The third-order valence-corrected chi connectivity index (χ3v) is 5.62. The zero-order chi connectivity index (χ0) is 19.7. The zero-order valence-electron chi connectivity index (χ0n) is 16.3. The van der Waals surface area contributed by atoms with Crippen molar-refractivity contribution < 1.29 is 4.79 Å². The van der Waals surface area contributed by atoms with Gasteiger partial charge in [-0.3, -0.25) is 4.79 Å². The molecule has 7 heteroatoms. The van der Waals surface area contributed by atoms with Crippen molar-refractivity contribution in [2.45, 2.75) is 32.1 Å². The van der Waals surface area contributed by atoms with Crippen molar-refractivity contribution in [3.05, 3.63) is 64.2 Å². The molecule has 0 radical (unpaired) electrons. The highest BCUT2D eigenvalue weighted by molar-refractivity contribution is 5.89. The summed E-state index contributed by atoms with van der Waals surface area (Å²) < 4.78 is 3.45. The summed E-state index contributed by atoms with van der Waals surface area (Å²) >= 11 is 0. The quantitative estimate of drug-likeness (QED) is 0.760. The second kappa shape index (κ2) is 7.50. The van der Waals surface area contributed by atoms with Crippen molar-refractivity contribution in [3.8, 4) is 0 Å². The molecule has 0 spiro atoms. The maximum Gasteiger partial charge on any atom is 0.321 e. The van der Waals surface area contributed by atoms with Gasteiger partial charge in [-0.05, 0) is 37.0 Å². The second-order valence-electron chi connectivity index (χ2n) is 7.31. The van der Waals surface area contributed by atoms with Crippen LogP contribution >= 0.6 is 0 Å². The number of nitrogens with one attached hydrogen (secondary N) is 1. The van der Waals surface area contributed by atoms with Crippen molar-refractivity contribution >= 4 is 17.4 Å². The summed E-state index contributed by atoms with van der Waals surface area (Å²) in [5.41, 5.74) is 3.73. The van der Waals surface area contributed by atoms with Gasteiger partial charge in [-0.2, -0.15) is 9.61 Å². The van der Waals surface area contributed by atoms with E-state index in [1.54, 1.807) is 12.3 Å². The van der Waals surface area contributed by atoms with Gasteiger partial charge in [0, 0.05) is 49.6 Å². The lowest BCUT2D eigenvalue weighted by Crippen LogP contribution is -2.41. The van der Waals surface area contributed by atoms with Gasteiger partial charge in [0.05, 0.1) is 6.20 Å². The first kappa shape index (κ1) is 18.3. The molecule has 7 nitrogen and oxygen atoms in total. The lowest BCUT2D eigenvalue weighted by atomic mass is 9.93. The van der Waals surface area contributed by atoms with Crippen LogP contribution in [0.15, 0.2) is 47.4 Å². The summed E-state index contributed by atoms with van der Waals surface area (Å²) in [6.45, 7) is 3.44. The fourth-order valence-electron chi connectivity index (χ4n) is 3.98. The first-order chi connectivity index (χ1) is 13.6. The molecule has 3 aromatic rings. The average molecular weight is 379 g/mol. The molecule has 1 aliphatic rings. The molecule has 0 aliphatic carbocycles. The van der Waals surface area contributed by atoms with Crippen LogP contribution < -0.4 is 10.9 Å². The highest BCUT2D eigenvalue weighted by atomic mass is 16.2. The lowest BCUT2D eigenvalue weighted by Gasteiger charge is -2.33. The van der Waals surface area contributed by atoms with Gasteiger partial charge in [0.1, 0.15) is 5.65 Å². The van der Waals surface area contributed by atoms with Crippen LogP contribution in [0.25, 0.3) is 5.65 Å². The SMILES string of the molecule is CCc1cccc(NC(=O)N2CCC(c3cc(=O)n4nccc4n3C)CC2)c1. The Morgan fingerprint density at radius 1 is 1.21 bits per heavy atom. The van der Waals surface area contributed by atoms with E-state index in [2.05, 4.69) is 23.4 Å². The Morgan fingerprint density at radius 2 is 2.00 bits per heavy atom. The Bertz CT molecular complexity index is 1060. The van der Waals surface area contributed by atoms with Crippen LogP contribution in [0.4, 0.5) is 10.5 Å². The van der Waals surface area contributed by atoms with Gasteiger partial charge < -0.3 is 14.8 Å². The van der Waals surface area contributed by atoms with Crippen molar-refractivity contribution in [3.63, 3.8) is 0 Å². The molecule has 1 aromatic carbocycles. The van der Waals surface area contributed by atoms with Crippen molar-refractivity contribution in [2.75, 3.05) is 18.4 Å². The van der Waals surface area contributed by atoms with Crippen molar-refractivity contribution in [1.82, 2.24) is 19.1 Å². The Kier molecular flexibility index (Phi) is 4.90. The third kappa shape index (κ3) is 3.40. The van der Waals surface area contributed by atoms with Gasteiger partial charge >= 0.3 is 6.03 Å². The summed E-state index contributed by atoms with van der Waals surface area (Å²) in [6.07, 6.45) is 4.25. The number of hydrogen-bond acceptors (Lipinski definition) is 3. The topological polar surface area (TPSA) is 71.6 Å². The minimum absolute atomic E-state index is 0.0631. The first-order valence-electron chi connectivity index (χ1n) is 9.75. The molecule has 146 valence electrons. The summed E-state index contributed by atoms with van der Waals surface area (Å²) in [7, 11) is 1.96.